The Bertz CT molecular complexity index is 862. The van der Waals surface area contributed by atoms with E-state index in [1.165, 1.54) is 6.20 Å². The second-order valence-corrected chi connectivity index (χ2v) is 7.25. The standard InChI is InChI=1S/C19H25N3O3/c1-11(2)22-10-16(19(24)25)18(23)15-6-5-14(7-17(15)22)21-8-12(3)20-13(4)9-21/h5-7,10-13,20H,8-9H2,1-4H3,(H,24,25). The predicted molar refractivity (Wildman–Crippen MR) is 99.8 cm³/mol. The molecule has 0 spiro atoms. The van der Waals surface area contributed by atoms with Gasteiger partial charge in [0.1, 0.15) is 5.56 Å². The Balaban J connectivity index is 2.17. The fourth-order valence-corrected chi connectivity index (χ4v) is 3.65. The minimum absolute atomic E-state index is 0.0531. The van der Waals surface area contributed by atoms with Gasteiger partial charge in [0.15, 0.2) is 0 Å². The number of carboxylic acid groups (broad SMARTS) is 1. The number of aromatic carboxylic acids is 1. The third-order valence-corrected chi connectivity index (χ3v) is 4.73. The van der Waals surface area contributed by atoms with E-state index in [-0.39, 0.29) is 11.6 Å². The van der Waals surface area contributed by atoms with Gasteiger partial charge in [0.2, 0.25) is 5.43 Å². The molecular weight excluding hydrogens is 318 g/mol. The molecule has 6 nitrogen and oxygen atoms in total. The third kappa shape index (κ3) is 3.26. The summed E-state index contributed by atoms with van der Waals surface area (Å²) >= 11 is 0. The first kappa shape index (κ1) is 17.5. The van der Waals surface area contributed by atoms with Crippen LogP contribution in [0.5, 0.6) is 0 Å². The number of carbonyl (C=O) groups is 1. The van der Waals surface area contributed by atoms with Gasteiger partial charge in [0.25, 0.3) is 0 Å². The van der Waals surface area contributed by atoms with E-state index in [1.807, 2.05) is 30.5 Å². The number of pyridine rings is 1. The number of benzene rings is 1. The Morgan fingerprint density at radius 2 is 1.88 bits per heavy atom. The Kier molecular flexibility index (Phi) is 4.56. The lowest BCUT2D eigenvalue weighted by molar-refractivity contribution is 0.0694. The summed E-state index contributed by atoms with van der Waals surface area (Å²) in [5.74, 6) is -1.19. The van der Waals surface area contributed by atoms with Gasteiger partial charge < -0.3 is 19.9 Å². The van der Waals surface area contributed by atoms with E-state index >= 15 is 0 Å². The Labute approximate surface area is 147 Å². The smallest absolute Gasteiger partial charge is 0.341 e. The molecule has 25 heavy (non-hydrogen) atoms. The van der Waals surface area contributed by atoms with E-state index in [4.69, 9.17) is 0 Å². The number of carboxylic acids is 1. The van der Waals surface area contributed by atoms with Gasteiger partial charge >= 0.3 is 5.97 Å². The van der Waals surface area contributed by atoms with Crippen molar-refractivity contribution >= 4 is 22.6 Å². The molecule has 1 aliphatic heterocycles. The van der Waals surface area contributed by atoms with Crippen LogP contribution in [-0.4, -0.2) is 40.8 Å². The van der Waals surface area contributed by atoms with Crippen LogP contribution in [0.15, 0.2) is 29.2 Å². The molecule has 1 aliphatic rings. The number of rotatable bonds is 3. The molecule has 0 radical (unpaired) electrons. The quantitative estimate of drug-likeness (QED) is 0.895. The molecule has 134 valence electrons. The van der Waals surface area contributed by atoms with Gasteiger partial charge in [-0.3, -0.25) is 4.79 Å². The lowest BCUT2D eigenvalue weighted by atomic mass is 10.1. The van der Waals surface area contributed by atoms with Crippen molar-refractivity contribution in [3.05, 3.63) is 40.2 Å². The molecule has 2 atom stereocenters. The number of aromatic nitrogens is 1. The number of fused-ring (bicyclic) bond motifs is 1. The normalized spacial score (nSPS) is 21.1. The zero-order chi connectivity index (χ0) is 18.3. The van der Waals surface area contributed by atoms with Crippen LogP contribution in [0.2, 0.25) is 0 Å². The Morgan fingerprint density at radius 3 is 2.44 bits per heavy atom. The highest BCUT2D eigenvalue weighted by molar-refractivity contribution is 5.93. The van der Waals surface area contributed by atoms with Crippen molar-refractivity contribution in [2.24, 2.45) is 0 Å². The minimum Gasteiger partial charge on any atom is -0.477 e. The number of nitrogens with one attached hydrogen (secondary N) is 1. The van der Waals surface area contributed by atoms with Gasteiger partial charge in [-0.05, 0) is 45.9 Å². The maximum Gasteiger partial charge on any atom is 0.341 e. The number of piperazine rings is 1. The van der Waals surface area contributed by atoms with Crippen molar-refractivity contribution in [2.45, 2.75) is 45.8 Å². The topological polar surface area (TPSA) is 74.6 Å². The van der Waals surface area contributed by atoms with Crippen LogP contribution in [-0.2, 0) is 0 Å². The molecule has 1 saturated heterocycles. The average Bonchev–Trinajstić information content (AvgIpc) is 2.53. The number of anilines is 1. The summed E-state index contributed by atoms with van der Waals surface area (Å²) in [6.45, 7) is 10.1. The zero-order valence-corrected chi connectivity index (χ0v) is 15.1. The summed E-state index contributed by atoms with van der Waals surface area (Å²) in [6, 6.07) is 6.52. The van der Waals surface area contributed by atoms with Crippen LogP contribution >= 0.6 is 0 Å². The van der Waals surface area contributed by atoms with Crippen LogP contribution in [0.1, 0.15) is 44.1 Å². The summed E-state index contributed by atoms with van der Waals surface area (Å²) < 4.78 is 1.87. The molecule has 0 aliphatic carbocycles. The van der Waals surface area contributed by atoms with E-state index in [0.717, 1.165) is 24.3 Å². The average molecular weight is 343 g/mol. The summed E-state index contributed by atoms with van der Waals surface area (Å²) in [6.07, 6.45) is 1.46. The molecule has 2 N–H and O–H groups in total. The van der Waals surface area contributed by atoms with E-state index in [1.54, 1.807) is 6.07 Å². The Morgan fingerprint density at radius 1 is 1.24 bits per heavy atom. The first-order valence-corrected chi connectivity index (χ1v) is 8.71. The Hall–Kier alpha value is -2.34. The van der Waals surface area contributed by atoms with Crippen molar-refractivity contribution in [1.82, 2.24) is 9.88 Å². The number of nitrogens with zero attached hydrogens (tertiary/aromatic N) is 2. The molecule has 1 aromatic carbocycles. The SMILES string of the molecule is CC1CN(c2ccc3c(=O)c(C(=O)O)cn(C(C)C)c3c2)CC(C)N1. The van der Waals surface area contributed by atoms with E-state index in [2.05, 4.69) is 24.1 Å². The monoisotopic (exact) mass is 343 g/mol. The number of hydrogen-bond donors (Lipinski definition) is 2. The summed E-state index contributed by atoms with van der Waals surface area (Å²) in [7, 11) is 0. The van der Waals surface area contributed by atoms with Crippen LogP contribution < -0.4 is 15.6 Å². The highest BCUT2D eigenvalue weighted by Gasteiger charge is 2.22. The van der Waals surface area contributed by atoms with Crippen molar-refractivity contribution in [3.63, 3.8) is 0 Å². The largest absolute Gasteiger partial charge is 0.477 e. The van der Waals surface area contributed by atoms with Gasteiger partial charge in [0, 0.05) is 48.5 Å². The van der Waals surface area contributed by atoms with Gasteiger partial charge in [-0.25, -0.2) is 4.79 Å². The zero-order valence-electron chi connectivity index (χ0n) is 15.1. The van der Waals surface area contributed by atoms with E-state index in [0.29, 0.717) is 17.5 Å². The third-order valence-electron chi connectivity index (χ3n) is 4.73. The molecule has 0 bridgehead atoms. The first-order valence-electron chi connectivity index (χ1n) is 8.71. The lowest BCUT2D eigenvalue weighted by Crippen LogP contribution is -2.54. The van der Waals surface area contributed by atoms with Crippen molar-refractivity contribution in [3.8, 4) is 0 Å². The predicted octanol–water partition coefficient (Wildman–Crippen LogP) is 2.47. The van der Waals surface area contributed by atoms with Gasteiger partial charge in [-0.2, -0.15) is 0 Å². The molecule has 0 saturated carbocycles. The summed E-state index contributed by atoms with van der Waals surface area (Å²) in [5, 5.41) is 13.3. The molecular formula is C19H25N3O3. The van der Waals surface area contributed by atoms with Crippen LogP contribution in [0.3, 0.4) is 0 Å². The van der Waals surface area contributed by atoms with Gasteiger partial charge in [0.05, 0.1) is 5.52 Å². The van der Waals surface area contributed by atoms with Crippen molar-refractivity contribution < 1.29 is 9.90 Å². The fraction of sp³-hybridized carbons (Fsp3) is 0.474. The highest BCUT2D eigenvalue weighted by Crippen LogP contribution is 2.25. The van der Waals surface area contributed by atoms with Crippen molar-refractivity contribution in [1.29, 1.82) is 0 Å². The molecule has 2 unspecified atom stereocenters. The molecule has 2 heterocycles. The second-order valence-electron chi connectivity index (χ2n) is 7.25. The van der Waals surface area contributed by atoms with Crippen molar-refractivity contribution in [2.75, 3.05) is 18.0 Å². The van der Waals surface area contributed by atoms with Crippen LogP contribution in [0, 0.1) is 0 Å². The fourth-order valence-electron chi connectivity index (χ4n) is 3.65. The molecule has 6 heteroatoms. The molecule has 2 aromatic rings. The number of hydrogen-bond acceptors (Lipinski definition) is 4. The van der Waals surface area contributed by atoms with Gasteiger partial charge in [-0.15, -0.1) is 0 Å². The maximum atomic E-state index is 12.5. The maximum absolute atomic E-state index is 12.5. The minimum atomic E-state index is -1.19. The molecule has 3 rings (SSSR count). The molecule has 0 amide bonds. The lowest BCUT2D eigenvalue weighted by Gasteiger charge is -2.37. The molecule has 1 aromatic heterocycles. The molecule has 1 fully saturated rings. The highest BCUT2D eigenvalue weighted by atomic mass is 16.4. The summed E-state index contributed by atoms with van der Waals surface area (Å²) in [4.78, 5) is 26.2. The first-order chi connectivity index (χ1) is 11.8. The summed E-state index contributed by atoms with van der Waals surface area (Å²) in [5.41, 5.74) is 1.23. The van der Waals surface area contributed by atoms with Crippen LogP contribution in [0.4, 0.5) is 5.69 Å². The van der Waals surface area contributed by atoms with E-state index < -0.39 is 11.4 Å². The second kappa shape index (κ2) is 6.52. The van der Waals surface area contributed by atoms with Crippen LogP contribution in [0.25, 0.3) is 10.9 Å². The van der Waals surface area contributed by atoms with E-state index in [9.17, 15) is 14.7 Å². The van der Waals surface area contributed by atoms with Gasteiger partial charge in [-0.1, -0.05) is 0 Å².